The van der Waals surface area contributed by atoms with E-state index in [0.29, 0.717) is 5.57 Å². The number of aliphatic carboxylic acids is 1. The molecule has 1 aromatic rings. The highest BCUT2D eigenvalue weighted by Crippen LogP contribution is 2.08. The summed E-state index contributed by atoms with van der Waals surface area (Å²) in [6, 6.07) is 7.08. The summed E-state index contributed by atoms with van der Waals surface area (Å²) in [6.45, 7) is 1.55. The fourth-order valence-corrected chi connectivity index (χ4v) is 1.03. The van der Waals surface area contributed by atoms with Gasteiger partial charge in [-0.1, -0.05) is 24.3 Å². The lowest BCUT2D eigenvalue weighted by Crippen LogP contribution is -1.95. The molecule has 74 valence electrons. The zero-order chi connectivity index (χ0) is 10.6. The van der Waals surface area contributed by atoms with Crippen LogP contribution in [0.4, 0.5) is 0 Å². The van der Waals surface area contributed by atoms with E-state index in [1.165, 1.54) is 0 Å². The minimum atomic E-state index is -0.920. The molecule has 1 aromatic carbocycles. The van der Waals surface area contributed by atoms with Crippen molar-refractivity contribution < 1.29 is 15.0 Å². The second-order valence-electron chi connectivity index (χ2n) is 3.03. The van der Waals surface area contributed by atoms with E-state index in [4.69, 9.17) is 10.2 Å². The third-order valence-electron chi connectivity index (χ3n) is 1.88. The van der Waals surface area contributed by atoms with Crippen molar-refractivity contribution in [2.24, 2.45) is 0 Å². The van der Waals surface area contributed by atoms with Crippen LogP contribution in [-0.2, 0) is 11.4 Å². The molecule has 1 rings (SSSR count). The van der Waals surface area contributed by atoms with E-state index < -0.39 is 5.97 Å². The number of carbonyl (C=O) groups is 1. The first kappa shape index (κ1) is 10.5. The third kappa shape index (κ3) is 2.71. The summed E-state index contributed by atoms with van der Waals surface area (Å²) in [6.07, 6.45) is 1.59. The normalized spacial score (nSPS) is 11.4. The molecule has 2 N–H and O–H groups in total. The first-order valence-electron chi connectivity index (χ1n) is 4.25. The molecule has 0 fully saturated rings. The Kier molecular flexibility index (Phi) is 3.42. The molecule has 3 nitrogen and oxygen atoms in total. The number of hydrogen-bond donors (Lipinski definition) is 2. The minimum absolute atomic E-state index is 0.00189. The number of carboxylic acid groups (broad SMARTS) is 1. The first-order chi connectivity index (χ1) is 6.63. The smallest absolute Gasteiger partial charge is 0.331 e. The van der Waals surface area contributed by atoms with Gasteiger partial charge < -0.3 is 10.2 Å². The van der Waals surface area contributed by atoms with Gasteiger partial charge in [-0.25, -0.2) is 4.79 Å². The second kappa shape index (κ2) is 4.58. The lowest BCUT2D eigenvalue weighted by molar-refractivity contribution is -0.132. The van der Waals surface area contributed by atoms with Crippen LogP contribution >= 0.6 is 0 Å². The van der Waals surface area contributed by atoms with E-state index in [1.54, 1.807) is 37.3 Å². The molecule has 0 bridgehead atoms. The van der Waals surface area contributed by atoms with Gasteiger partial charge in [-0.3, -0.25) is 0 Å². The number of hydrogen-bond acceptors (Lipinski definition) is 2. The molecule has 0 radical (unpaired) electrons. The highest BCUT2D eigenvalue weighted by Gasteiger charge is 1.99. The summed E-state index contributed by atoms with van der Waals surface area (Å²) < 4.78 is 0. The Balaban J connectivity index is 2.88. The zero-order valence-corrected chi connectivity index (χ0v) is 7.90. The minimum Gasteiger partial charge on any atom is -0.478 e. The summed E-state index contributed by atoms with van der Waals surface area (Å²) in [7, 11) is 0. The van der Waals surface area contributed by atoms with Crippen LogP contribution in [0.2, 0.25) is 0 Å². The lowest BCUT2D eigenvalue weighted by Gasteiger charge is -1.98. The van der Waals surface area contributed by atoms with Crippen molar-refractivity contribution >= 4 is 12.0 Å². The standard InChI is InChI=1S/C11H12O3/c1-8(11(13)14)6-9-2-4-10(7-12)5-3-9/h2-6,12H,7H2,1H3,(H,13,14). The molecule has 0 spiro atoms. The summed E-state index contributed by atoms with van der Waals surface area (Å²) in [5.41, 5.74) is 1.93. The van der Waals surface area contributed by atoms with Gasteiger partial charge in [0, 0.05) is 5.57 Å². The molecule has 0 amide bonds. The van der Waals surface area contributed by atoms with Crippen molar-refractivity contribution in [1.82, 2.24) is 0 Å². The molecule has 0 atom stereocenters. The quantitative estimate of drug-likeness (QED) is 0.716. The predicted molar refractivity (Wildman–Crippen MR) is 53.7 cm³/mol. The van der Waals surface area contributed by atoms with Gasteiger partial charge in [0.05, 0.1) is 6.61 Å². The van der Waals surface area contributed by atoms with Crippen LogP contribution in [0.3, 0.4) is 0 Å². The van der Waals surface area contributed by atoms with Crippen LogP contribution in [0.15, 0.2) is 29.8 Å². The molecule has 0 aromatic heterocycles. The molecular weight excluding hydrogens is 180 g/mol. The van der Waals surface area contributed by atoms with E-state index in [1.807, 2.05) is 0 Å². The maximum Gasteiger partial charge on any atom is 0.331 e. The highest BCUT2D eigenvalue weighted by molar-refractivity contribution is 5.91. The maximum absolute atomic E-state index is 10.5. The Bertz CT molecular complexity index is 349. The topological polar surface area (TPSA) is 57.5 Å². The van der Waals surface area contributed by atoms with Gasteiger partial charge in [-0.05, 0) is 24.1 Å². The number of aliphatic hydroxyl groups excluding tert-OH is 1. The van der Waals surface area contributed by atoms with E-state index in [9.17, 15) is 4.79 Å². The molecular formula is C11H12O3. The van der Waals surface area contributed by atoms with Gasteiger partial charge in [0.25, 0.3) is 0 Å². The first-order valence-corrected chi connectivity index (χ1v) is 4.25. The van der Waals surface area contributed by atoms with Crippen molar-refractivity contribution in [3.05, 3.63) is 41.0 Å². The van der Waals surface area contributed by atoms with E-state index in [2.05, 4.69) is 0 Å². The molecule has 0 saturated carbocycles. The molecule has 0 saturated heterocycles. The molecule has 0 unspecified atom stereocenters. The van der Waals surface area contributed by atoms with E-state index >= 15 is 0 Å². The average Bonchev–Trinajstić information content (AvgIpc) is 2.19. The van der Waals surface area contributed by atoms with Crippen molar-refractivity contribution in [2.75, 3.05) is 0 Å². The summed E-state index contributed by atoms with van der Waals surface area (Å²) in [5.74, 6) is -0.920. The number of rotatable bonds is 3. The van der Waals surface area contributed by atoms with Crippen molar-refractivity contribution in [1.29, 1.82) is 0 Å². The molecule has 0 aliphatic rings. The molecule has 0 aliphatic carbocycles. The van der Waals surface area contributed by atoms with Crippen LogP contribution in [0.25, 0.3) is 6.08 Å². The fourth-order valence-electron chi connectivity index (χ4n) is 1.03. The Labute approximate surface area is 82.3 Å². The Hall–Kier alpha value is -1.61. The molecule has 0 aliphatic heterocycles. The van der Waals surface area contributed by atoms with Crippen LogP contribution in [-0.4, -0.2) is 16.2 Å². The van der Waals surface area contributed by atoms with E-state index in [0.717, 1.165) is 11.1 Å². The van der Waals surface area contributed by atoms with E-state index in [-0.39, 0.29) is 6.61 Å². The SMILES string of the molecule is CC(=Cc1ccc(CO)cc1)C(=O)O. The van der Waals surface area contributed by atoms with Crippen LogP contribution < -0.4 is 0 Å². The van der Waals surface area contributed by atoms with Gasteiger partial charge in [-0.15, -0.1) is 0 Å². The molecule has 0 heterocycles. The van der Waals surface area contributed by atoms with Crippen molar-refractivity contribution in [3.8, 4) is 0 Å². The summed E-state index contributed by atoms with van der Waals surface area (Å²) >= 11 is 0. The second-order valence-corrected chi connectivity index (χ2v) is 3.03. The van der Waals surface area contributed by atoms with Crippen LogP contribution in [0, 0.1) is 0 Å². The predicted octanol–water partition coefficient (Wildman–Crippen LogP) is 1.67. The van der Waals surface area contributed by atoms with Gasteiger partial charge in [0.2, 0.25) is 0 Å². The Morgan fingerprint density at radius 1 is 1.36 bits per heavy atom. The van der Waals surface area contributed by atoms with Crippen molar-refractivity contribution in [2.45, 2.75) is 13.5 Å². The number of carboxylic acids is 1. The lowest BCUT2D eigenvalue weighted by atomic mass is 10.1. The zero-order valence-electron chi connectivity index (χ0n) is 7.90. The van der Waals surface area contributed by atoms with Crippen LogP contribution in [0.1, 0.15) is 18.1 Å². The summed E-state index contributed by atoms with van der Waals surface area (Å²) in [5, 5.41) is 17.4. The molecule has 3 heteroatoms. The van der Waals surface area contributed by atoms with Gasteiger partial charge >= 0.3 is 5.97 Å². The van der Waals surface area contributed by atoms with Gasteiger partial charge in [0.15, 0.2) is 0 Å². The monoisotopic (exact) mass is 192 g/mol. The Morgan fingerprint density at radius 3 is 2.36 bits per heavy atom. The van der Waals surface area contributed by atoms with Crippen LogP contribution in [0.5, 0.6) is 0 Å². The molecule has 14 heavy (non-hydrogen) atoms. The Morgan fingerprint density at radius 2 is 1.93 bits per heavy atom. The number of aliphatic hydroxyl groups is 1. The highest BCUT2D eigenvalue weighted by atomic mass is 16.4. The van der Waals surface area contributed by atoms with Crippen molar-refractivity contribution in [3.63, 3.8) is 0 Å². The summed E-state index contributed by atoms with van der Waals surface area (Å²) in [4.78, 5) is 10.5. The number of benzene rings is 1. The largest absolute Gasteiger partial charge is 0.478 e. The van der Waals surface area contributed by atoms with Gasteiger partial charge in [0.1, 0.15) is 0 Å². The fraction of sp³-hybridized carbons (Fsp3) is 0.182. The average molecular weight is 192 g/mol. The van der Waals surface area contributed by atoms with Gasteiger partial charge in [-0.2, -0.15) is 0 Å². The maximum atomic E-state index is 10.5. The third-order valence-corrected chi connectivity index (χ3v) is 1.88.